The van der Waals surface area contributed by atoms with Gasteiger partial charge in [-0.15, -0.1) is 0 Å². The van der Waals surface area contributed by atoms with Gasteiger partial charge < -0.3 is 0 Å². The van der Waals surface area contributed by atoms with Crippen LogP contribution in [0.1, 0.15) is 58.8 Å². The number of imidazole rings is 1. The quantitative estimate of drug-likeness (QED) is 0.340. The fourth-order valence-corrected chi connectivity index (χ4v) is 79.8. The van der Waals surface area contributed by atoms with E-state index in [2.05, 4.69) is 70.0 Å². The van der Waals surface area contributed by atoms with Crippen LogP contribution in [-0.4, -0.2) is 19.4 Å². The average Bonchev–Trinajstić information content (AvgIpc) is 3.53. The molecule has 0 atom stereocenters. The molecule has 0 aliphatic rings. The first-order valence-corrected chi connectivity index (χ1v) is 54.2. The zero-order chi connectivity index (χ0) is 39.5. The topological polar surface area (TPSA) is 43.1 Å². The first kappa shape index (κ1) is 55.2. The van der Waals surface area contributed by atoms with Crippen molar-refractivity contribution >= 4 is 305 Å². The summed E-state index contributed by atoms with van der Waals surface area (Å²) < 4.78 is 2.15. The number of hydrogen-bond donors (Lipinski definition) is 0. The molecule has 0 N–H and O–H groups in total. The van der Waals surface area contributed by atoms with E-state index in [9.17, 15) is 0 Å². The fraction of sp³-hybridized carbons (Fsp3) is 0.500. The van der Waals surface area contributed by atoms with Crippen LogP contribution in [0.4, 0.5) is 0 Å². The first-order chi connectivity index (χ1) is 26.0. The molecule has 0 saturated heterocycles. The Morgan fingerprint density at radius 3 is 1.09 bits per heavy atom. The van der Waals surface area contributed by atoms with Crippen LogP contribution in [0.3, 0.4) is 0 Å². The molecule has 0 radical (unpaired) electrons. The maximum Gasteiger partial charge on any atom is 0.165 e. The van der Waals surface area contributed by atoms with Crippen LogP contribution >= 0.6 is 0 Å². The van der Waals surface area contributed by atoms with E-state index in [-0.39, 0.29) is 10.8 Å². The number of pyridine rings is 1. The van der Waals surface area contributed by atoms with E-state index in [1.165, 1.54) is 17.8 Å². The minimum absolute atomic E-state index is 0.00916. The Hall–Kier alpha value is 5.07. The van der Waals surface area contributed by atoms with Gasteiger partial charge in [0.2, 0.25) is 0 Å². The van der Waals surface area contributed by atoms with E-state index in [1.54, 1.807) is 107 Å². The highest BCUT2D eigenvalue weighted by Crippen LogP contribution is 2.29. The Morgan fingerprint density at radius 1 is 0.463 bits per heavy atom. The molecule has 0 amide bonds. The lowest BCUT2D eigenvalue weighted by Crippen LogP contribution is -2.20. The summed E-state index contributed by atoms with van der Waals surface area (Å²) in [7, 11) is 52.8. The normalized spacial score (nSPS) is 9.91. The van der Waals surface area contributed by atoms with Gasteiger partial charge in [0.05, 0.1) is 5.39 Å². The minimum Gasteiger partial charge on any atom is -0.284 e. The van der Waals surface area contributed by atoms with Gasteiger partial charge >= 0.3 is 0 Å². The molecule has 3 aromatic rings. The zero-order valence-electron chi connectivity index (χ0n) is 27.6. The smallest absolute Gasteiger partial charge is 0.165 e. The van der Waals surface area contributed by atoms with E-state index < -0.39 is 0 Å². The van der Waals surface area contributed by atoms with Crippen molar-refractivity contribution in [1.29, 1.82) is 0 Å². The standard InChI is InChI=1S/C18H24N4.S32/c1-11-10-19-15-12-8-9-13(17(2,3)4)20-14(12)21-16(22(11)15)18(5,6)7;1-3-5-7-9-11-13-15-17-19-21-23-25-27-29-31-32-30-28-26-24-22-20-18-16-14-12-10-8-6-4-2/h8-10H,1-7H3;. The summed E-state index contributed by atoms with van der Waals surface area (Å²) >= 11 is 9.58. The molecule has 0 saturated carbocycles. The monoisotopic (exact) mass is 1320 g/mol. The van der Waals surface area contributed by atoms with E-state index in [0.717, 1.165) is 33.9 Å². The second kappa shape index (κ2) is 34.5. The third-order valence-electron chi connectivity index (χ3n) is 4.72. The van der Waals surface area contributed by atoms with Gasteiger partial charge in [-0.1, -0.05) is 41.5 Å². The lowest BCUT2D eigenvalue weighted by Gasteiger charge is -2.22. The van der Waals surface area contributed by atoms with Crippen molar-refractivity contribution in [3.63, 3.8) is 0 Å². The van der Waals surface area contributed by atoms with Gasteiger partial charge in [0.1, 0.15) is 11.5 Å². The molecule has 3 heterocycles. The average molecular weight is 1320 g/mol. The lowest BCUT2D eigenvalue weighted by atomic mass is 9.91. The van der Waals surface area contributed by atoms with E-state index in [1.807, 2.05) is 148 Å². The maximum atomic E-state index is 4.89. The predicted octanol–water partition coefficient (Wildman–Crippen LogP) is 4.10. The number of rotatable bonds is 0. The van der Waals surface area contributed by atoms with Crippen molar-refractivity contribution in [3.05, 3.63) is 35.5 Å². The molecule has 0 fully saturated rings. The number of hydrogen-bond acceptors (Lipinski definition) is 5. The lowest BCUT2D eigenvalue weighted by molar-refractivity contribution is 0.535. The molecule has 36 heteroatoms. The van der Waals surface area contributed by atoms with Crippen molar-refractivity contribution in [2.24, 2.45) is 0 Å². The number of fused-ring (bicyclic) bond motifs is 3. The maximum absolute atomic E-state index is 4.89. The van der Waals surface area contributed by atoms with Gasteiger partial charge in [0, 0.05) is 317 Å². The molecule has 3 rings (SSSR count). The molecule has 0 aliphatic heterocycles. The predicted molar refractivity (Wildman–Crippen MR) is 326 cm³/mol. The van der Waals surface area contributed by atoms with Gasteiger partial charge in [0.25, 0.3) is 0 Å². The molecule has 308 valence electrons. The van der Waals surface area contributed by atoms with Crippen molar-refractivity contribution in [3.8, 4) is 0 Å². The first-order valence-electron chi connectivity index (χ1n) is 12.9. The summed E-state index contributed by atoms with van der Waals surface area (Å²) in [4.78, 5) is 14.3. The van der Waals surface area contributed by atoms with Gasteiger partial charge in [-0.2, -0.15) is 0 Å². The van der Waals surface area contributed by atoms with Crippen LogP contribution < -0.4 is 0 Å². The molecule has 0 aliphatic carbocycles. The summed E-state index contributed by atoms with van der Waals surface area (Å²) in [5, 5.41) is 1.01. The van der Waals surface area contributed by atoms with Crippen LogP contribution in [-0.2, 0) is 300 Å². The van der Waals surface area contributed by atoms with E-state index in [0.29, 0.717) is 0 Å². The zero-order valence-corrected chi connectivity index (χ0v) is 53.7. The Balaban J connectivity index is 0.000000396. The molecule has 0 spiro atoms. The second-order valence-corrected chi connectivity index (χ2v) is 63.2. The third-order valence-corrected chi connectivity index (χ3v) is 69.2. The van der Waals surface area contributed by atoms with E-state index >= 15 is 0 Å². The number of nitrogens with zero attached hydrogens (tertiary/aromatic N) is 4. The number of aromatic nitrogens is 4. The van der Waals surface area contributed by atoms with Crippen molar-refractivity contribution in [2.45, 2.75) is 59.3 Å². The summed E-state index contributed by atoms with van der Waals surface area (Å²) in [5.41, 5.74) is 3.83. The molecule has 0 unspecified atom stereocenters. The summed E-state index contributed by atoms with van der Waals surface area (Å²) in [6, 6.07) is 4.19. The van der Waals surface area contributed by atoms with Gasteiger partial charge in [-0.05, 0) is 19.1 Å². The molecular formula is C18H24N4S32. The highest BCUT2D eigenvalue weighted by atomic mass is 33.5. The summed E-state index contributed by atoms with van der Waals surface area (Å²) in [5.74, 6) is 1.00. The van der Waals surface area contributed by atoms with Crippen LogP contribution in [0.25, 0.3) is 16.7 Å². The van der Waals surface area contributed by atoms with Crippen LogP contribution in [0.2, 0.25) is 0 Å². The van der Waals surface area contributed by atoms with Crippen LogP contribution in [0.5, 0.6) is 0 Å². The van der Waals surface area contributed by atoms with Crippen LogP contribution in [0.15, 0.2) is 18.3 Å². The minimum atomic E-state index is -0.0721. The van der Waals surface area contributed by atoms with Gasteiger partial charge in [-0.25, -0.2) is 15.0 Å². The largest absolute Gasteiger partial charge is 0.284 e. The molecule has 4 nitrogen and oxygen atoms in total. The van der Waals surface area contributed by atoms with Crippen molar-refractivity contribution in [1.82, 2.24) is 19.4 Å². The molecule has 0 bridgehead atoms. The van der Waals surface area contributed by atoms with E-state index in [4.69, 9.17) is 32.3 Å². The molecular weight excluding hydrogens is 1300 g/mol. The fourth-order valence-electron chi connectivity index (χ4n) is 2.99. The Kier molecular flexibility index (Phi) is 35.2. The van der Waals surface area contributed by atoms with Gasteiger partial charge in [-0.3, -0.25) is 4.40 Å². The third kappa shape index (κ3) is 25.4. The molecule has 54 heavy (non-hydrogen) atoms. The Labute approximate surface area is 410 Å². The highest BCUT2D eigenvalue weighted by molar-refractivity contribution is 8.80. The van der Waals surface area contributed by atoms with Crippen molar-refractivity contribution < 1.29 is 0 Å². The van der Waals surface area contributed by atoms with Crippen LogP contribution in [0, 0.1) is 6.92 Å². The molecule has 0 aromatic carbocycles. The second-order valence-electron chi connectivity index (χ2n) is 10.1. The Bertz CT molecular complexity index is 3120. The Morgan fingerprint density at radius 2 is 0.796 bits per heavy atom. The summed E-state index contributed by atoms with van der Waals surface area (Å²) in [6.07, 6.45) is 1.91. The SMILES string of the molecule is Cc1cnc2c3ccc(C(C)(C)C)nc3nc(C(C)(C)C)n12.S=S=S=S=S=S=S=S=S=S=S=S=S=S=S=S=S=S=S=S=S=S=S=S=S=S=S=S=S=S=S=S. The summed E-state index contributed by atoms with van der Waals surface area (Å²) in [6.45, 7) is 15.1. The van der Waals surface area contributed by atoms with Gasteiger partial charge in [0.15, 0.2) is 5.65 Å². The molecule has 3 aromatic heterocycles. The van der Waals surface area contributed by atoms with Crippen molar-refractivity contribution in [2.75, 3.05) is 0 Å². The highest BCUT2D eigenvalue weighted by Gasteiger charge is 2.24. The number of aryl methyl sites for hydroxylation is 1.